The second kappa shape index (κ2) is 2.25. The van der Waals surface area contributed by atoms with E-state index in [4.69, 9.17) is 0 Å². The van der Waals surface area contributed by atoms with Gasteiger partial charge < -0.3 is 8.71 Å². The Morgan fingerprint density at radius 1 is 1.70 bits per heavy atom. The molecule has 0 unspecified atom stereocenters. The topological polar surface area (TPSA) is 82.3 Å². The van der Waals surface area contributed by atoms with Gasteiger partial charge in [0.25, 0.3) is 5.88 Å². The Hall–Kier alpha value is -1.11. The molecule has 10 heavy (non-hydrogen) atoms. The molecule has 0 aliphatic rings. The molecule has 0 aliphatic carbocycles. The van der Waals surface area contributed by atoms with Crippen LogP contribution in [0.25, 0.3) is 0 Å². The van der Waals surface area contributed by atoms with E-state index in [2.05, 4.69) is 19.1 Å². The molecule has 0 fully saturated rings. The van der Waals surface area contributed by atoms with Crippen LogP contribution in [0, 0.1) is 0 Å². The maximum Gasteiger partial charge on any atom is 0.307 e. The van der Waals surface area contributed by atoms with Crippen molar-refractivity contribution >= 4 is 10.1 Å². The van der Waals surface area contributed by atoms with E-state index >= 15 is 0 Å². The molecule has 0 saturated heterocycles. The maximum absolute atomic E-state index is 10.4. The van der Waals surface area contributed by atoms with Gasteiger partial charge in [0.15, 0.2) is 6.26 Å². The zero-order valence-electron chi connectivity index (χ0n) is 5.01. The molecule has 0 N–H and O–H groups in total. The molecule has 0 atom stereocenters. The van der Waals surface area contributed by atoms with Gasteiger partial charge in [0.2, 0.25) is 0 Å². The van der Waals surface area contributed by atoms with Crippen LogP contribution < -0.4 is 4.18 Å². The summed E-state index contributed by atoms with van der Waals surface area (Å²) in [6.45, 7) is 0. The molecule has 0 amide bonds. The molecule has 1 rings (SSSR count). The molecule has 0 radical (unpaired) electrons. The highest BCUT2D eigenvalue weighted by molar-refractivity contribution is 7.86. The summed E-state index contributed by atoms with van der Waals surface area (Å²) < 4.78 is 29.2. The molecule has 0 spiro atoms. The van der Waals surface area contributed by atoms with Crippen LogP contribution in [-0.4, -0.2) is 25.0 Å². The number of nitrogens with zero attached hydrogens (tertiary/aromatic N) is 2. The van der Waals surface area contributed by atoms with Crippen molar-refractivity contribution in [3.05, 3.63) is 6.26 Å². The summed E-state index contributed by atoms with van der Waals surface area (Å²) in [5.41, 5.74) is 0. The highest BCUT2D eigenvalue weighted by Crippen LogP contribution is 2.04. The second-order valence-corrected chi connectivity index (χ2v) is 3.11. The van der Waals surface area contributed by atoms with Gasteiger partial charge in [-0.3, -0.25) is 0 Å². The van der Waals surface area contributed by atoms with Gasteiger partial charge in [0.1, 0.15) is 0 Å². The number of hydrogen-bond acceptors (Lipinski definition) is 6. The Kier molecular flexibility index (Phi) is 1.58. The standard InChI is InChI=1S/C3H4N2O4S/c1-10(6,7)9-3-2-8-5-4-3/h2H,1H3. The molecule has 56 valence electrons. The summed E-state index contributed by atoms with van der Waals surface area (Å²) in [5.74, 6) is -0.164. The lowest BCUT2D eigenvalue weighted by Crippen LogP contribution is -2.05. The van der Waals surface area contributed by atoms with Gasteiger partial charge >= 0.3 is 10.1 Å². The van der Waals surface area contributed by atoms with Crippen LogP contribution in [0.2, 0.25) is 0 Å². The number of rotatable bonds is 2. The van der Waals surface area contributed by atoms with E-state index in [1.807, 2.05) is 0 Å². The zero-order valence-corrected chi connectivity index (χ0v) is 5.83. The van der Waals surface area contributed by atoms with Crippen LogP contribution in [-0.2, 0) is 10.1 Å². The van der Waals surface area contributed by atoms with Crippen LogP contribution >= 0.6 is 0 Å². The molecule has 0 aliphatic heterocycles. The largest absolute Gasteiger partial charge is 0.356 e. The van der Waals surface area contributed by atoms with Gasteiger partial charge in [-0.1, -0.05) is 5.10 Å². The smallest absolute Gasteiger partial charge is 0.307 e. The molecule has 0 bridgehead atoms. The molecule has 7 heteroatoms. The van der Waals surface area contributed by atoms with Crippen molar-refractivity contribution < 1.29 is 17.1 Å². The third-order valence-electron chi connectivity index (χ3n) is 0.577. The van der Waals surface area contributed by atoms with Crippen molar-refractivity contribution in [1.82, 2.24) is 10.4 Å². The lowest BCUT2D eigenvalue weighted by atomic mass is 10.9. The van der Waals surface area contributed by atoms with E-state index in [9.17, 15) is 8.42 Å². The van der Waals surface area contributed by atoms with E-state index < -0.39 is 10.1 Å². The fourth-order valence-electron chi connectivity index (χ4n) is 0.347. The minimum absolute atomic E-state index is 0.164. The minimum atomic E-state index is -3.51. The van der Waals surface area contributed by atoms with E-state index in [0.717, 1.165) is 12.5 Å². The molecule has 1 aromatic rings. The van der Waals surface area contributed by atoms with Crippen molar-refractivity contribution in [1.29, 1.82) is 0 Å². The maximum atomic E-state index is 10.4. The summed E-state index contributed by atoms with van der Waals surface area (Å²) >= 11 is 0. The molecule has 0 saturated carbocycles. The number of aromatic nitrogens is 2. The van der Waals surface area contributed by atoms with Crippen LogP contribution in [0.1, 0.15) is 0 Å². The quantitative estimate of drug-likeness (QED) is 0.543. The second-order valence-electron chi connectivity index (χ2n) is 1.53. The monoisotopic (exact) mass is 164 g/mol. The summed E-state index contributed by atoms with van der Waals surface area (Å²) in [6, 6.07) is 0. The highest BCUT2D eigenvalue weighted by Gasteiger charge is 2.06. The van der Waals surface area contributed by atoms with Crippen molar-refractivity contribution in [2.24, 2.45) is 0 Å². The fourth-order valence-corrected chi connectivity index (χ4v) is 0.730. The van der Waals surface area contributed by atoms with E-state index in [1.165, 1.54) is 0 Å². The zero-order chi connectivity index (χ0) is 7.61. The Labute approximate surface area is 56.9 Å². The molecular weight excluding hydrogens is 160 g/mol. The van der Waals surface area contributed by atoms with E-state index in [1.54, 1.807) is 0 Å². The van der Waals surface area contributed by atoms with E-state index in [0.29, 0.717) is 0 Å². The van der Waals surface area contributed by atoms with Crippen molar-refractivity contribution in [3.8, 4) is 5.88 Å². The molecular formula is C3H4N2O4S. The van der Waals surface area contributed by atoms with Crippen LogP contribution in [0.15, 0.2) is 10.8 Å². The van der Waals surface area contributed by atoms with Crippen LogP contribution in [0.5, 0.6) is 5.88 Å². The van der Waals surface area contributed by atoms with Gasteiger partial charge in [0, 0.05) is 5.27 Å². The normalized spacial score (nSPS) is 11.3. The first-order valence-corrected chi connectivity index (χ1v) is 4.06. The van der Waals surface area contributed by atoms with Crippen LogP contribution in [0.3, 0.4) is 0 Å². The molecule has 1 heterocycles. The Balaban J connectivity index is 2.75. The van der Waals surface area contributed by atoms with E-state index in [-0.39, 0.29) is 5.88 Å². The average Bonchev–Trinajstić information content (AvgIpc) is 2.12. The highest BCUT2D eigenvalue weighted by atomic mass is 32.2. The van der Waals surface area contributed by atoms with Crippen molar-refractivity contribution in [2.45, 2.75) is 0 Å². The Morgan fingerprint density at radius 3 is 2.80 bits per heavy atom. The van der Waals surface area contributed by atoms with Crippen molar-refractivity contribution in [2.75, 3.05) is 6.26 Å². The predicted molar refractivity (Wildman–Crippen MR) is 29.8 cm³/mol. The Bertz CT molecular complexity index is 288. The minimum Gasteiger partial charge on any atom is -0.356 e. The summed E-state index contributed by atoms with van der Waals surface area (Å²) in [6.07, 6.45) is 1.89. The first-order chi connectivity index (χ1) is 4.58. The molecule has 6 nitrogen and oxygen atoms in total. The third kappa shape index (κ3) is 2.02. The average molecular weight is 164 g/mol. The lowest BCUT2D eigenvalue weighted by molar-refractivity contribution is 0.392. The summed E-state index contributed by atoms with van der Waals surface area (Å²) in [7, 11) is -3.51. The fraction of sp³-hybridized carbons (Fsp3) is 0.333. The summed E-state index contributed by atoms with van der Waals surface area (Å²) in [5, 5.41) is 6.18. The first-order valence-electron chi connectivity index (χ1n) is 2.24. The Morgan fingerprint density at radius 2 is 2.40 bits per heavy atom. The third-order valence-corrected chi connectivity index (χ3v) is 1.05. The molecule has 1 aromatic heterocycles. The van der Waals surface area contributed by atoms with Gasteiger partial charge in [-0.25, -0.2) is 0 Å². The first kappa shape index (κ1) is 7.00. The van der Waals surface area contributed by atoms with Gasteiger partial charge in [-0.2, -0.15) is 8.42 Å². The van der Waals surface area contributed by atoms with Gasteiger partial charge in [-0.15, -0.1) is 0 Å². The SMILES string of the molecule is CS(=O)(=O)Oc1conn1. The summed E-state index contributed by atoms with van der Waals surface area (Å²) in [4.78, 5) is 0. The van der Waals surface area contributed by atoms with Gasteiger partial charge in [0.05, 0.1) is 6.26 Å². The van der Waals surface area contributed by atoms with Crippen LogP contribution in [0.4, 0.5) is 0 Å². The van der Waals surface area contributed by atoms with Crippen molar-refractivity contribution in [3.63, 3.8) is 0 Å². The number of hydrogen-bond donors (Lipinski definition) is 0. The van der Waals surface area contributed by atoms with Gasteiger partial charge in [-0.05, 0) is 0 Å². The predicted octanol–water partition coefficient (Wildman–Crippen LogP) is -0.592. The molecule has 0 aromatic carbocycles. The lowest BCUT2D eigenvalue weighted by Gasteiger charge is -1.92.